The van der Waals surface area contributed by atoms with Gasteiger partial charge in [-0.15, -0.1) is 0 Å². The van der Waals surface area contributed by atoms with E-state index in [-0.39, 0.29) is 29.7 Å². The van der Waals surface area contributed by atoms with E-state index >= 15 is 0 Å². The van der Waals surface area contributed by atoms with E-state index in [0.29, 0.717) is 0 Å². The Balaban J connectivity index is 2.04. The molecule has 1 atom stereocenters. The Labute approximate surface area is 130 Å². The molecule has 2 aromatic rings. The highest BCUT2D eigenvalue weighted by atomic mass is 16.6. The first-order chi connectivity index (χ1) is 11.0. The van der Waals surface area contributed by atoms with Crippen molar-refractivity contribution in [3.8, 4) is 0 Å². The Kier molecular flexibility index (Phi) is 3.49. The summed E-state index contributed by atoms with van der Waals surface area (Å²) in [7, 11) is 0. The maximum atomic E-state index is 12.0. The lowest BCUT2D eigenvalue weighted by Gasteiger charge is -2.40. The van der Waals surface area contributed by atoms with E-state index in [0.717, 1.165) is 17.7 Å². The number of benzene rings is 2. The lowest BCUT2D eigenvalue weighted by Crippen LogP contribution is -2.46. The molecular formula is C15H11N3O5. The molecule has 0 N–H and O–H groups in total. The van der Waals surface area contributed by atoms with Crippen LogP contribution in [-0.2, 0) is 4.79 Å². The molecule has 1 aliphatic heterocycles. The van der Waals surface area contributed by atoms with Gasteiger partial charge in [-0.25, -0.2) is 0 Å². The maximum Gasteiger partial charge on any atom is 0.299 e. The molecule has 8 heteroatoms. The summed E-state index contributed by atoms with van der Waals surface area (Å²) in [5.74, 6) is -0.254. The third-order valence-corrected chi connectivity index (χ3v) is 3.76. The molecule has 2 aromatic carbocycles. The van der Waals surface area contributed by atoms with Crippen LogP contribution in [-0.4, -0.2) is 15.8 Å². The van der Waals surface area contributed by atoms with Crippen molar-refractivity contribution in [2.75, 3.05) is 4.90 Å². The molecule has 1 unspecified atom stereocenters. The zero-order valence-corrected chi connectivity index (χ0v) is 11.8. The van der Waals surface area contributed by atoms with Gasteiger partial charge in [-0.1, -0.05) is 30.3 Å². The lowest BCUT2D eigenvalue weighted by molar-refractivity contribution is -0.393. The molecule has 0 bridgehead atoms. The maximum absolute atomic E-state index is 12.0. The van der Waals surface area contributed by atoms with E-state index in [9.17, 15) is 25.0 Å². The van der Waals surface area contributed by atoms with Crippen LogP contribution in [0.5, 0.6) is 0 Å². The fourth-order valence-corrected chi connectivity index (χ4v) is 2.64. The molecule has 0 radical (unpaired) electrons. The summed E-state index contributed by atoms with van der Waals surface area (Å²) in [5.41, 5.74) is 0.100. The Hall–Kier alpha value is -3.29. The van der Waals surface area contributed by atoms with Gasteiger partial charge in [0, 0.05) is 6.07 Å². The second kappa shape index (κ2) is 5.48. The molecule has 0 aromatic heterocycles. The van der Waals surface area contributed by atoms with E-state index < -0.39 is 15.5 Å². The SMILES string of the molecule is O=C1CC(c2ccccc2)N1c1ccc([N+](=O)[O-])cc1[N+](=O)[O-]. The number of nitrogens with zero attached hydrogens (tertiary/aromatic N) is 3. The van der Waals surface area contributed by atoms with E-state index in [1.807, 2.05) is 30.3 Å². The molecule has 1 fully saturated rings. The van der Waals surface area contributed by atoms with Crippen molar-refractivity contribution in [1.82, 2.24) is 0 Å². The van der Waals surface area contributed by atoms with Crippen LogP contribution in [0, 0.1) is 20.2 Å². The quantitative estimate of drug-likeness (QED) is 0.490. The van der Waals surface area contributed by atoms with Gasteiger partial charge in [-0.2, -0.15) is 0 Å². The molecule has 23 heavy (non-hydrogen) atoms. The summed E-state index contributed by atoms with van der Waals surface area (Å²) >= 11 is 0. The second-order valence-electron chi connectivity index (χ2n) is 5.08. The second-order valence-corrected chi connectivity index (χ2v) is 5.08. The Morgan fingerprint density at radius 3 is 2.26 bits per heavy atom. The number of amides is 1. The normalized spacial score (nSPS) is 16.8. The van der Waals surface area contributed by atoms with E-state index in [2.05, 4.69) is 0 Å². The van der Waals surface area contributed by atoms with Crippen LogP contribution in [0.1, 0.15) is 18.0 Å². The van der Waals surface area contributed by atoms with E-state index in [1.54, 1.807) is 0 Å². The van der Waals surface area contributed by atoms with Gasteiger partial charge in [0.15, 0.2) is 0 Å². The van der Waals surface area contributed by atoms with Crippen LogP contribution in [0.25, 0.3) is 0 Å². The third-order valence-electron chi connectivity index (χ3n) is 3.76. The number of β-lactam (4-membered cyclic amide) rings is 1. The fraction of sp³-hybridized carbons (Fsp3) is 0.133. The van der Waals surface area contributed by atoms with Crippen molar-refractivity contribution in [3.63, 3.8) is 0 Å². The highest BCUT2D eigenvalue weighted by molar-refractivity contribution is 6.03. The molecule has 116 valence electrons. The van der Waals surface area contributed by atoms with Crippen molar-refractivity contribution in [1.29, 1.82) is 0 Å². The number of nitro groups is 2. The molecule has 0 saturated carbocycles. The summed E-state index contributed by atoms with van der Waals surface area (Å²) < 4.78 is 0. The minimum atomic E-state index is -0.712. The molecule has 1 heterocycles. The van der Waals surface area contributed by atoms with Gasteiger partial charge < -0.3 is 0 Å². The van der Waals surface area contributed by atoms with Crippen molar-refractivity contribution >= 4 is 23.0 Å². The van der Waals surface area contributed by atoms with Crippen molar-refractivity contribution in [2.24, 2.45) is 0 Å². The number of carbonyl (C=O) groups is 1. The highest BCUT2D eigenvalue weighted by Crippen LogP contribution is 2.43. The fourth-order valence-electron chi connectivity index (χ4n) is 2.64. The Morgan fingerprint density at radius 1 is 1.00 bits per heavy atom. The third kappa shape index (κ3) is 2.50. The van der Waals surface area contributed by atoms with Gasteiger partial charge in [0.25, 0.3) is 11.4 Å². The van der Waals surface area contributed by atoms with Gasteiger partial charge >= 0.3 is 0 Å². The van der Waals surface area contributed by atoms with Gasteiger partial charge in [0.2, 0.25) is 5.91 Å². The van der Waals surface area contributed by atoms with Gasteiger partial charge in [0.05, 0.1) is 28.4 Å². The Bertz CT molecular complexity index is 806. The molecule has 3 rings (SSSR count). The number of non-ortho nitro benzene ring substituents is 1. The van der Waals surface area contributed by atoms with E-state index in [1.165, 1.54) is 11.0 Å². The summed E-state index contributed by atoms with van der Waals surface area (Å²) in [5, 5.41) is 22.0. The van der Waals surface area contributed by atoms with Crippen molar-refractivity contribution in [3.05, 3.63) is 74.3 Å². The van der Waals surface area contributed by atoms with E-state index in [4.69, 9.17) is 0 Å². The van der Waals surface area contributed by atoms with Crippen LogP contribution in [0.3, 0.4) is 0 Å². The predicted octanol–water partition coefficient (Wildman–Crippen LogP) is 2.98. The molecule has 1 saturated heterocycles. The smallest absolute Gasteiger partial charge is 0.298 e. The first-order valence-electron chi connectivity index (χ1n) is 6.79. The number of carbonyl (C=O) groups excluding carboxylic acids is 1. The van der Waals surface area contributed by atoms with Crippen LogP contribution >= 0.6 is 0 Å². The Morgan fingerprint density at radius 2 is 1.70 bits per heavy atom. The largest absolute Gasteiger partial charge is 0.299 e. The van der Waals surface area contributed by atoms with Crippen molar-refractivity contribution in [2.45, 2.75) is 12.5 Å². The molecular weight excluding hydrogens is 302 g/mol. The van der Waals surface area contributed by atoms with Crippen LogP contribution < -0.4 is 4.90 Å². The average molecular weight is 313 g/mol. The van der Waals surface area contributed by atoms with Crippen LogP contribution in [0.4, 0.5) is 17.1 Å². The van der Waals surface area contributed by atoms with Crippen molar-refractivity contribution < 1.29 is 14.6 Å². The summed E-state index contributed by atoms with van der Waals surface area (Å²) in [6.45, 7) is 0. The number of rotatable bonds is 4. The number of anilines is 1. The average Bonchev–Trinajstić information content (AvgIpc) is 2.53. The monoisotopic (exact) mass is 313 g/mol. The lowest BCUT2D eigenvalue weighted by atomic mass is 9.92. The summed E-state index contributed by atoms with van der Waals surface area (Å²) in [6, 6.07) is 12.1. The predicted molar refractivity (Wildman–Crippen MR) is 81.0 cm³/mol. The standard InChI is InChI=1S/C15H11N3O5/c19-15-9-13(10-4-2-1-3-5-10)16(15)12-7-6-11(17(20)21)8-14(12)18(22)23/h1-8,13H,9H2. The van der Waals surface area contributed by atoms with Crippen LogP contribution in [0.15, 0.2) is 48.5 Å². The first-order valence-corrected chi connectivity index (χ1v) is 6.79. The van der Waals surface area contributed by atoms with Gasteiger partial charge in [0.1, 0.15) is 5.69 Å². The summed E-state index contributed by atoms with van der Waals surface area (Å²) in [6.07, 6.45) is 0.248. The first kappa shape index (κ1) is 14.6. The zero-order chi connectivity index (χ0) is 16.6. The number of nitro benzene ring substituents is 2. The topological polar surface area (TPSA) is 107 Å². The highest BCUT2D eigenvalue weighted by Gasteiger charge is 2.41. The van der Waals surface area contributed by atoms with Gasteiger partial charge in [-0.05, 0) is 11.6 Å². The minimum Gasteiger partial charge on any atom is -0.298 e. The van der Waals surface area contributed by atoms with Crippen LogP contribution in [0.2, 0.25) is 0 Å². The minimum absolute atomic E-state index is 0.0747. The summed E-state index contributed by atoms with van der Waals surface area (Å²) in [4.78, 5) is 33.9. The molecule has 0 aliphatic carbocycles. The zero-order valence-electron chi connectivity index (χ0n) is 11.8. The molecule has 8 nitrogen and oxygen atoms in total. The molecule has 1 aliphatic rings. The van der Waals surface area contributed by atoms with Gasteiger partial charge in [-0.3, -0.25) is 29.9 Å². The number of hydrogen-bond donors (Lipinski definition) is 0. The number of hydrogen-bond acceptors (Lipinski definition) is 5. The molecule has 1 amide bonds. The molecule has 0 spiro atoms.